The third-order valence-corrected chi connectivity index (χ3v) is 4.61. The fourth-order valence-corrected chi connectivity index (χ4v) is 3.07. The minimum Gasteiger partial charge on any atom is -0.490 e. The number of para-hydroxylation sites is 2. The summed E-state index contributed by atoms with van der Waals surface area (Å²) < 4.78 is 7.75. The lowest BCUT2D eigenvalue weighted by molar-refractivity contribution is -0.115. The van der Waals surface area contributed by atoms with Crippen LogP contribution in [0.15, 0.2) is 48.4 Å². The maximum atomic E-state index is 12.3. The monoisotopic (exact) mass is 356 g/mol. The Hall–Kier alpha value is -2.67. The molecule has 2 aromatic heterocycles. The molecule has 0 aliphatic rings. The van der Waals surface area contributed by atoms with Gasteiger partial charge in [-0.05, 0) is 18.6 Å². The van der Waals surface area contributed by atoms with E-state index in [-0.39, 0.29) is 12.3 Å². The number of hydrogen-bond acceptors (Lipinski definition) is 5. The summed E-state index contributed by atoms with van der Waals surface area (Å²) in [7, 11) is 0. The predicted octanol–water partition coefficient (Wildman–Crippen LogP) is 3.16. The molecule has 7 heteroatoms. The Morgan fingerprint density at radius 1 is 1.36 bits per heavy atom. The highest BCUT2D eigenvalue weighted by atomic mass is 32.1. The van der Waals surface area contributed by atoms with Crippen LogP contribution in [0.1, 0.15) is 17.6 Å². The molecule has 3 aromatic rings. The zero-order valence-corrected chi connectivity index (χ0v) is 14.8. The number of anilines is 1. The van der Waals surface area contributed by atoms with Crippen LogP contribution in [-0.2, 0) is 24.2 Å². The molecule has 2 heterocycles. The summed E-state index contributed by atoms with van der Waals surface area (Å²) in [6.45, 7) is 3.25. The first-order valence-corrected chi connectivity index (χ1v) is 9.03. The fraction of sp³-hybridized carbons (Fsp3) is 0.278. The lowest BCUT2D eigenvalue weighted by Gasteiger charge is -2.12. The van der Waals surface area contributed by atoms with Gasteiger partial charge in [-0.15, -0.1) is 11.3 Å². The van der Waals surface area contributed by atoms with Gasteiger partial charge in [-0.2, -0.15) is 0 Å². The second kappa shape index (κ2) is 8.43. The molecule has 3 rings (SSSR count). The summed E-state index contributed by atoms with van der Waals surface area (Å²) in [4.78, 5) is 20.7. The number of aryl methyl sites for hydroxylation is 1. The van der Waals surface area contributed by atoms with Gasteiger partial charge in [0.2, 0.25) is 5.91 Å². The van der Waals surface area contributed by atoms with Gasteiger partial charge >= 0.3 is 0 Å². The summed E-state index contributed by atoms with van der Waals surface area (Å²) in [5.74, 6) is 0.558. The molecule has 0 saturated carbocycles. The van der Waals surface area contributed by atoms with Gasteiger partial charge in [0, 0.05) is 17.8 Å². The molecule has 0 atom stereocenters. The highest BCUT2D eigenvalue weighted by Gasteiger charge is 2.10. The van der Waals surface area contributed by atoms with Crippen molar-refractivity contribution in [2.24, 2.45) is 0 Å². The molecule has 0 bridgehead atoms. The second-order valence-electron chi connectivity index (χ2n) is 5.46. The average molecular weight is 356 g/mol. The quantitative estimate of drug-likeness (QED) is 0.673. The molecule has 0 saturated heterocycles. The summed E-state index contributed by atoms with van der Waals surface area (Å²) in [6.07, 6.45) is 6.52. The van der Waals surface area contributed by atoms with Crippen LogP contribution < -0.4 is 10.1 Å². The summed E-state index contributed by atoms with van der Waals surface area (Å²) in [6, 6.07) is 7.44. The molecule has 1 aromatic carbocycles. The predicted molar refractivity (Wildman–Crippen MR) is 98.0 cm³/mol. The number of thiazole rings is 1. The number of aromatic nitrogens is 3. The van der Waals surface area contributed by atoms with Crippen LogP contribution >= 0.6 is 11.3 Å². The number of imidazole rings is 1. The number of ether oxygens (including phenoxy) is 1. The first-order valence-electron chi connectivity index (χ1n) is 8.15. The minimum absolute atomic E-state index is 0.0985. The Labute approximate surface area is 150 Å². The molecule has 0 spiro atoms. The van der Waals surface area contributed by atoms with Crippen LogP contribution in [0.5, 0.6) is 5.75 Å². The third-order valence-electron chi connectivity index (χ3n) is 3.57. The van der Waals surface area contributed by atoms with E-state index in [2.05, 4.69) is 22.2 Å². The van der Waals surface area contributed by atoms with Gasteiger partial charge < -0.3 is 14.6 Å². The maximum absolute atomic E-state index is 12.3. The molecular weight excluding hydrogens is 336 g/mol. The molecule has 6 nitrogen and oxygen atoms in total. The number of nitrogens with zero attached hydrogens (tertiary/aromatic N) is 3. The zero-order chi connectivity index (χ0) is 17.5. The van der Waals surface area contributed by atoms with Crippen LogP contribution in [0.2, 0.25) is 0 Å². The Balaban J connectivity index is 1.56. The van der Waals surface area contributed by atoms with Crippen molar-refractivity contribution < 1.29 is 9.53 Å². The van der Waals surface area contributed by atoms with Crippen molar-refractivity contribution in [1.29, 1.82) is 0 Å². The van der Waals surface area contributed by atoms with Gasteiger partial charge in [0.1, 0.15) is 12.4 Å². The van der Waals surface area contributed by atoms with E-state index in [4.69, 9.17) is 4.74 Å². The number of benzene rings is 1. The minimum atomic E-state index is -0.0985. The Kier molecular flexibility index (Phi) is 5.79. The lowest BCUT2D eigenvalue weighted by atomic mass is 10.2. The van der Waals surface area contributed by atoms with Crippen molar-refractivity contribution in [3.63, 3.8) is 0 Å². The zero-order valence-electron chi connectivity index (χ0n) is 14.0. The second-order valence-corrected chi connectivity index (χ2v) is 6.40. The van der Waals surface area contributed by atoms with E-state index in [0.717, 1.165) is 17.1 Å². The number of carbonyl (C=O) groups excluding carboxylic acids is 1. The highest BCUT2D eigenvalue weighted by molar-refractivity contribution is 7.09. The van der Waals surface area contributed by atoms with E-state index in [0.29, 0.717) is 24.6 Å². The van der Waals surface area contributed by atoms with Crippen LogP contribution in [0.4, 0.5) is 5.69 Å². The molecule has 1 amide bonds. The summed E-state index contributed by atoms with van der Waals surface area (Å²) >= 11 is 1.59. The number of carbonyl (C=O) groups is 1. The largest absolute Gasteiger partial charge is 0.490 e. The van der Waals surface area contributed by atoms with E-state index in [1.54, 1.807) is 23.9 Å². The fourth-order valence-electron chi connectivity index (χ4n) is 2.33. The van der Waals surface area contributed by atoms with Crippen LogP contribution in [0, 0.1) is 0 Å². The number of rotatable bonds is 8. The summed E-state index contributed by atoms with van der Waals surface area (Å²) in [5, 5.41) is 5.90. The Morgan fingerprint density at radius 2 is 2.24 bits per heavy atom. The normalized spacial score (nSPS) is 10.6. The standard InChI is InChI=1S/C18H20N4O2S/c1-2-18-20-14(12-25-18)11-17(23)21-15-5-3-4-6-16(15)24-10-9-22-8-7-19-13-22/h3-8,12-13H,2,9-11H2,1H3,(H,21,23). The summed E-state index contributed by atoms with van der Waals surface area (Å²) in [5.41, 5.74) is 1.47. The molecule has 0 aliphatic carbocycles. The van der Waals surface area contributed by atoms with E-state index >= 15 is 0 Å². The van der Waals surface area contributed by atoms with Crippen molar-refractivity contribution in [1.82, 2.24) is 14.5 Å². The highest BCUT2D eigenvalue weighted by Crippen LogP contribution is 2.24. The molecule has 0 fully saturated rings. The van der Waals surface area contributed by atoms with Crippen molar-refractivity contribution >= 4 is 22.9 Å². The Bertz CT molecular complexity index is 814. The first-order chi connectivity index (χ1) is 12.2. The van der Waals surface area contributed by atoms with Crippen LogP contribution in [0.25, 0.3) is 0 Å². The van der Waals surface area contributed by atoms with Crippen molar-refractivity contribution in [3.8, 4) is 5.75 Å². The molecule has 0 unspecified atom stereocenters. The van der Waals surface area contributed by atoms with Gasteiger partial charge in [-0.1, -0.05) is 19.1 Å². The molecule has 25 heavy (non-hydrogen) atoms. The van der Waals surface area contributed by atoms with Crippen LogP contribution in [0.3, 0.4) is 0 Å². The maximum Gasteiger partial charge on any atom is 0.230 e. The van der Waals surface area contributed by atoms with Gasteiger partial charge in [0.15, 0.2) is 0 Å². The number of nitrogens with one attached hydrogen (secondary N) is 1. The SMILES string of the molecule is CCc1nc(CC(=O)Nc2ccccc2OCCn2ccnc2)cs1. The van der Waals surface area contributed by atoms with E-state index in [9.17, 15) is 4.79 Å². The van der Waals surface area contributed by atoms with E-state index in [1.807, 2.05) is 40.4 Å². The Morgan fingerprint density at radius 3 is 3.00 bits per heavy atom. The molecular formula is C18H20N4O2S. The molecule has 0 radical (unpaired) electrons. The van der Waals surface area contributed by atoms with Crippen molar-refractivity contribution in [2.75, 3.05) is 11.9 Å². The topological polar surface area (TPSA) is 69.0 Å². The van der Waals surface area contributed by atoms with Crippen molar-refractivity contribution in [2.45, 2.75) is 26.3 Å². The number of amides is 1. The van der Waals surface area contributed by atoms with Gasteiger partial charge in [-0.3, -0.25) is 4.79 Å². The van der Waals surface area contributed by atoms with Gasteiger partial charge in [0.05, 0.1) is 35.7 Å². The van der Waals surface area contributed by atoms with E-state index < -0.39 is 0 Å². The van der Waals surface area contributed by atoms with E-state index in [1.165, 1.54) is 0 Å². The van der Waals surface area contributed by atoms with Crippen LogP contribution in [-0.4, -0.2) is 27.0 Å². The average Bonchev–Trinajstić information content (AvgIpc) is 3.28. The smallest absolute Gasteiger partial charge is 0.230 e. The molecule has 130 valence electrons. The van der Waals surface area contributed by atoms with Crippen molar-refractivity contribution in [3.05, 3.63) is 59.1 Å². The first kappa shape index (κ1) is 17.2. The number of hydrogen-bond donors (Lipinski definition) is 1. The van der Waals surface area contributed by atoms with Gasteiger partial charge in [-0.25, -0.2) is 9.97 Å². The van der Waals surface area contributed by atoms with Gasteiger partial charge in [0.25, 0.3) is 0 Å². The third kappa shape index (κ3) is 4.90. The lowest BCUT2D eigenvalue weighted by Crippen LogP contribution is -2.16. The molecule has 1 N–H and O–H groups in total. The molecule has 0 aliphatic heterocycles.